The number of hydrogen-bond donors (Lipinski definition) is 2. The SMILES string of the molecule is Cc1n[nH]c(C)c1S(=O)(=O)NCC1CCN(C2CC2)C1. The van der Waals surface area contributed by atoms with E-state index in [1.54, 1.807) is 13.8 Å². The van der Waals surface area contributed by atoms with Crippen LogP contribution in [-0.2, 0) is 10.0 Å². The average Bonchev–Trinajstić information content (AvgIpc) is 3.03. The van der Waals surface area contributed by atoms with E-state index in [1.165, 1.54) is 12.8 Å². The van der Waals surface area contributed by atoms with E-state index in [2.05, 4.69) is 19.8 Å². The first-order valence-corrected chi connectivity index (χ1v) is 8.71. The first-order chi connectivity index (χ1) is 9.47. The highest BCUT2D eigenvalue weighted by Crippen LogP contribution is 2.31. The summed E-state index contributed by atoms with van der Waals surface area (Å²) in [5.74, 6) is 0.429. The quantitative estimate of drug-likeness (QED) is 0.842. The van der Waals surface area contributed by atoms with Crippen molar-refractivity contribution in [3.8, 4) is 0 Å². The number of aromatic nitrogens is 2. The number of rotatable bonds is 5. The van der Waals surface area contributed by atoms with E-state index >= 15 is 0 Å². The molecule has 1 aliphatic carbocycles. The normalized spacial score (nSPS) is 24.4. The molecule has 7 heteroatoms. The zero-order valence-corrected chi connectivity index (χ0v) is 12.8. The molecule has 1 saturated carbocycles. The van der Waals surface area contributed by atoms with E-state index in [4.69, 9.17) is 0 Å². The van der Waals surface area contributed by atoms with Crippen LogP contribution in [0, 0.1) is 19.8 Å². The van der Waals surface area contributed by atoms with Gasteiger partial charge in [0.05, 0.1) is 11.4 Å². The molecule has 2 heterocycles. The second-order valence-electron chi connectivity index (χ2n) is 6.00. The van der Waals surface area contributed by atoms with Crippen LogP contribution in [0.5, 0.6) is 0 Å². The van der Waals surface area contributed by atoms with Crippen molar-refractivity contribution in [3.05, 3.63) is 11.4 Å². The highest BCUT2D eigenvalue weighted by Gasteiger charge is 2.34. The second kappa shape index (κ2) is 5.13. The fourth-order valence-corrected chi connectivity index (χ4v) is 4.52. The summed E-state index contributed by atoms with van der Waals surface area (Å²) in [5, 5.41) is 6.68. The maximum atomic E-state index is 12.3. The molecule has 1 aromatic rings. The third kappa shape index (κ3) is 2.75. The molecule has 1 saturated heterocycles. The first-order valence-electron chi connectivity index (χ1n) is 7.22. The number of H-pyrrole nitrogens is 1. The molecule has 3 rings (SSSR count). The highest BCUT2D eigenvalue weighted by molar-refractivity contribution is 7.89. The van der Waals surface area contributed by atoms with Gasteiger partial charge < -0.3 is 4.90 Å². The van der Waals surface area contributed by atoms with Gasteiger partial charge in [-0.15, -0.1) is 0 Å². The molecule has 0 radical (unpaired) electrons. The Morgan fingerprint density at radius 1 is 1.35 bits per heavy atom. The molecule has 2 aliphatic rings. The van der Waals surface area contributed by atoms with Crippen molar-refractivity contribution in [1.82, 2.24) is 19.8 Å². The summed E-state index contributed by atoms with van der Waals surface area (Å²) in [6.07, 6.45) is 3.71. The fourth-order valence-electron chi connectivity index (χ4n) is 3.04. The Balaban J connectivity index is 1.60. The molecule has 1 atom stereocenters. The van der Waals surface area contributed by atoms with Crippen molar-refractivity contribution >= 4 is 10.0 Å². The summed E-state index contributed by atoms with van der Waals surface area (Å²) in [6, 6.07) is 0.773. The summed E-state index contributed by atoms with van der Waals surface area (Å²) >= 11 is 0. The highest BCUT2D eigenvalue weighted by atomic mass is 32.2. The number of aryl methyl sites for hydroxylation is 2. The number of hydrogen-bond acceptors (Lipinski definition) is 4. The Morgan fingerprint density at radius 2 is 2.10 bits per heavy atom. The van der Waals surface area contributed by atoms with Crippen molar-refractivity contribution in [2.75, 3.05) is 19.6 Å². The average molecular weight is 298 g/mol. The summed E-state index contributed by atoms with van der Waals surface area (Å²) in [7, 11) is -3.45. The van der Waals surface area contributed by atoms with E-state index < -0.39 is 10.0 Å². The van der Waals surface area contributed by atoms with Gasteiger partial charge in [0.25, 0.3) is 0 Å². The van der Waals surface area contributed by atoms with Crippen LogP contribution in [0.3, 0.4) is 0 Å². The maximum absolute atomic E-state index is 12.3. The van der Waals surface area contributed by atoms with Gasteiger partial charge in [0.2, 0.25) is 10.0 Å². The van der Waals surface area contributed by atoms with Crippen molar-refractivity contribution in [2.24, 2.45) is 5.92 Å². The predicted octanol–water partition coefficient (Wildman–Crippen LogP) is 0.789. The number of aromatic amines is 1. The molecule has 1 aromatic heterocycles. The largest absolute Gasteiger partial charge is 0.300 e. The smallest absolute Gasteiger partial charge is 0.244 e. The van der Waals surface area contributed by atoms with Crippen molar-refractivity contribution < 1.29 is 8.42 Å². The lowest BCUT2D eigenvalue weighted by Crippen LogP contribution is -2.32. The van der Waals surface area contributed by atoms with Gasteiger partial charge in [-0.2, -0.15) is 5.10 Å². The Bertz CT molecular complexity index is 572. The maximum Gasteiger partial charge on any atom is 0.244 e. The molecular formula is C13H22N4O2S. The van der Waals surface area contributed by atoms with Crippen LogP contribution in [0.25, 0.3) is 0 Å². The van der Waals surface area contributed by atoms with E-state index in [0.717, 1.165) is 25.6 Å². The predicted molar refractivity (Wildman–Crippen MR) is 76.0 cm³/mol. The first kappa shape index (κ1) is 14.0. The van der Waals surface area contributed by atoms with Gasteiger partial charge in [0, 0.05) is 19.1 Å². The van der Waals surface area contributed by atoms with Gasteiger partial charge in [-0.3, -0.25) is 5.10 Å². The Kier molecular flexibility index (Phi) is 3.60. The Hall–Kier alpha value is -0.920. The minimum absolute atomic E-state index is 0.301. The number of sulfonamides is 1. The molecule has 1 unspecified atom stereocenters. The van der Waals surface area contributed by atoms with E-state index in [-0.39, 0.29) is 0 Å². The summed E-state index contributed by atoms with van der Waals surface area (Å²) in [6.45, 7) is 6.11. The van der Waals surface area contributed by atoms with Crippen LogP contribution in [0.1, 0.15) is 30.7 Å². The topological polar surface area (TPSA) is 78.1 Å². The van der Waals surface area contributed by atoms with Gasteiger partial charge in [-0.1, -0.05) is 0 Å². The minimum atomic E-state index is -3.45. The van der Waals surface area contributed by atoms with E-state index in [1.807, 2.05) is 0 Å². The van der Waals surface area contributed by atoms with Gasteiger partial charge in [0.1, 0.15) is 4.90 Å². The molecule has 6 nitrogen and oxygen atoms in total. The van der Waals surface area contributed by atoms with Gasteiger partial charge in [-0.05, 0) is 45.6 Å². The molecule has 2 N–H and O–H groups in total. The number of nitrogens with zero attached hydrogens (tertiary/aromatic N) is 2. The van der Waals surface area contributed by atoms with Crippen molar-refractivity contribution in [3.63, 3.8) is 0 Å². The van der Waals surface area contributed by atoms with E-state index in [9.17, 15) is 8.42 Å². The third-order valence-electron chi connectivity index (χ3n) is 4.27. The molecular weight excluding hydrogens is 276 g/mol. The minimum Gasteiger partial charge on any atom is -0.300 e. The second-order valence-corrected chi connectivity index (χ2v) is 7.70. The van der Waals surface area contributed by atoms with Crippen molar-refractivity contribution in [1.29, 1.82) is 0 Å². The van der Waals surface area contributed by atoms with Gasteiger partial charge in [0.15, 0.2) is 0 Å². The van der Waals surface area contributed by atoms with Crippen LogP contribution in [0.2, 0.25) is 0 Å². The molecule has 112 valence electrons. The van der Waals surface area contributed by atoms with Crippen LogP contribution in [-0.4, -0.2) is 49.2 Å². The standard InChI is InChI=1S/C13H22N4O2S/c1-9-13(10(2)16-15-9)20(18,19)14-7-11-5-6-17(8-11)12-3-4-12/h11-12,14H,3-8H2,1-2H3,(H,15,16). The molecule has 0 spiro atoms. The lowest BCUT2D eigenvalue weighted by molar-refractivity contribution is 0.314. The molecule has 2 fully saturated rings. The molecule has 1 aliphatic heterocycles. The van der Waals surface area contributed by atoms with E-state index in [0.29, 0.717) is 28.7 Å². The van der Waals surface area contributed by atoms with Gasteiger partial charge >= 0.3 is 0 Å². The van der Waals surface area contributed by atoms with Crippen LogP contribution in [0.4, 0.5) is 0 Å². The monoisotopic (exact) mass is 298 g/mol. The number of nitrogens with one attached hydrogen (secondary N) is 2. The fraction of sp³-hybridized carbons (Fsp3) is 0.769. The van der Waals surface area contributed by atoms with Crippen LogP contribution >= 0.6 is 0 Å². The third-order valence-corrected chi connectivity index (χ3v) is 5.96. The Morgan fingerprint density at radius 3 is 2.70 bits per heavy atom. The summed E-state index contributed by atoms with van der Waals surface area (Å²) < 4.78 is 27.4. The lowest BCUT2D eigenvalue weighted by Gasteiger charge is -2.15. The zero-order valence-electron chi connectivity index (χ0n) is 12.0. The van der Waals surface area contributed by atoms with Crippen molar-refractivity contribution in [2.45, 2.75) is 44.0 Å². The van der Waals surface area contributed by atoms with Crippen LogP contribution in [0.15, 0.2) is 4.90 Å². The number of likely N-dealkylation sites (tertiary alicyclic amines) is 1. The lowest BCUT2D eigenvalue weighted by atomic mass is 10.1. The molecule has 0 bridgehead atoms. The summed E-state index contributed by atoms with van der Waals surface area (Å²) in [5.41, 5.74) is 1.13. The molecule has 20 heavy (non-hydrogen) atoms. The molecule has 0 aromatic carbocycles. The zero-order chi connectivity index (χ0) is 14.3. The molecule has 0 amide bonds. The van der Waals surface area contributed by atoms with Crippen LogP contribution < -0.4 is 4.72 Å². The van der Waals surface area contributed by atoms with Gasteiger partial charge in [-0.25, -0.2) is 13.1 Å². The Labute approximate surface area is 120 Å². The summed E-state index contributed by atoms with van der Waals surface area (Å²) in [4.78, 5) is 2.79.